The number of rotatable bonds is 5. The SMILES string of the molecule is CC1(C)COC[C@]2(C)c3cnc(Nc4ccc(N5CCOCC5)cc4)nc3N(c3cccc(C4(F)CNC4)n3)[C@@H]2C1. The molecule has 0 amide bonds. The van der Waals surface area contributed by atoms with E-state index in [0.29, 0.717) is 30.7 Å². The van der Waals surface area contributed by atoms with Gasteiger partial charge in [0.25, 0.3) is 0 Å². The minimum atomic E-state index is -1.44. The van der Waals surface area contributed by atoms with Crippen molar-refractivity contribution in [2.45, 2.75) is 44.3 Å². The van der Waals surface area contributed by atoms with Gasteiger partial charge in [-0.05, 0) is 48.2 Å². The van der Waals surface area contributed by atoms with E-state index >= 15 is 4.39 Å². The first-order chi connectivity index (χ1) is 19.7. The van der Waals surface area contributed by atoms with Crippen molar-refractivity contribution in [3.05, 3.63) is 59.9 Å². The summed E-state index contributed by atoms with van der Waals surface area (Å²) in [5.74, 6) is 2.01. The van der Waals surface area contributed by atoms with Gasteiger partial charge in [0.05, 0.1) is 32.1 Å². The van der Waals surface area contributed by atoms with E-state index in [1.54, 1.807) is 6.07 Å². The van der Waals surface area contributed by atoms with Gasteiger partial charge in [0.1, 0.15) is 11.6 Å². The maximum absolute atomic E-state index is 15.4. The number of anilines is 5. The molecule has 216 valence electrons. The molecular weight excluding hydrogens is 521 g/mol. The quantitative estimate of drug-likeness (QED) is 0.471. The van der Waals surface area contributed by atoms with E-state index < -0.39 is 5.67 Å². The standard InChI is InChI=1S/C31H38FN7O2/c1-29(2)15-25-30(3,20-41-19-29)23-16-34-28(35-21-7-9-22(10-8-21)38-11-13-40-14-12-38)37-27(23)39(25)26-6-4-5-24(36-26)31(32)17-33-18-31/h4-10,16,25,33H,11-15,17-20H2,1-3H3,(H,34,35,37)/t25-,30-/m1/s1. The fourth-order valence-electron chi connectivity index (χ4n) is 6.55. The molecule has 3 aromatic rings. The fraction of sp³-hybridized carbons (Fsp3) is 0.516. The molecule has 2 atom stereocenters. The van der Waals surface area contributed by atoms with E-state index in [1.807, 2.05) is 18.3 Å². The average molecular weight is 560 g/mol. The lowest BCUT2D eigenvalue weighted by atomic mass is 9.74. The number of alkyl halides is 1. The summed E-state index contributed by atoms with van der Waals surface area (Å²) in [5.41, 5.74) is 1.74. The molecule has 4 aliphatic rings. The van der Waals surface area contributed by atoms with Gasteiger partial charge in [0.15, 0.2) is 5.67 Å². The second-order valence-electron chi connectivity index (χ2n) is 12.8. The first-order valence-corrected chi connectivity index (χ1v) is 14.6. The minimum Gasteiger partial charge on any atom is -0.380 e. The summed E-state index contributed by atoms with van der Waals surface area (Å²) >= 11 is 0. The highest BCUT2D eigenvalue weighted by molar-refractivity contribution is 5.71. The summed E-state index contributed by atoms with van der Waals surface area (Å²) in [6.45, 7) is 11.8. The Balaban J connectivity index is 1.24. The number of ether oxygens (including phenoxy) is 2. The van der Waals surface area contributed by atoms with E-state index in [9.17, 15) is 0 Å². The molecule has 0 spiro atoms. The van der Waals surface area contributed by atoms with Crippen LogP contribution in [-0.2, 0) is 20.6 Å². The Labute approximate surface area is 240 Å². The van der Waals surface area contributed by atoms with Crippen molar-refractivity contribution in [1.82, 2.24) is 20.3 Å². The number of hydrogen-bond acceptors (Lipinski definition) is 9. The van der Waals surface area contributed by atoms with Crippen molar-refractivity contribution in [1.29, 1.82) is 0 Å². The Hall–Kier alpha value is -3.34. The van der Waals surface area contributed by atoms with E-state index in [2.05, 4.69) is 65.5 Å². The van der Waals surface area contributed by atoms with Gasteiger partial charge in [-0.3, -0.25) is 0 Å². The topological polar surface area (TPSA) is 87.7 Å². The normalized spacial score (nSPS) is 26.5. The molecule has 2 aromatic heterocycles. The van der Waals surface area contributed by atoms with Crippen LogP contribution in [0.1, 0.15) is 38.4 Å². The zero-order chi connectivity index (χ0) is 28.2. The molecule has 10 heteroatoms. The Bertz CT molecular complexity index is 1420. The van der Waals surface area contributed by atoms with Crippen molar-refractivity contribution in [2.75, 3.05) is 67.7 Å². The van der Waals surface area contributed by atoms with Crippen LogP contribution >= 0.6 is 0 Å². The van der Waals surface area contributed by atoms with Crippen molar-refractivity contribution in [3.63, 3.8) is 0 Å². The highest BCUT2D eigenvalue weighted by Gasteiger charge is 2.54. The smallest absolute Gasteiger partial charge is 0.229 e. The third-order valence-electron chi connectivity index (χ3n) is 9.05. The van der Waals surface area contributed by atoms with Crippen LogP contribution in [0, 0.1) is 5.41 Å². The second kappa shape index (κ2) is 9.89. The molecular formula is C31H38FN7O2. The fourth-order valence-corrected chi connectivity index (χ4v) is 6.55. The molecule has 3 saturated heterocycles. The molecule has 0 unspecified atom stereocenters. The van der Waals surface area contributed by atoms with Crippen molar-refractivity contribution < 1.29 is 13.9 Å². The number of fused-ring (bicyclic) bond motifs is 3. The Morgan fingerprint density at radius 2 is 1.76 bits per heavy atom. The number of hydrogen-bond donors (Lipinski definition) is 2. The first-order valence-electron chi connectivity index (χ1n) is 14.6. The van der Waals surface area contributed by atoms with E-state index in [1.165, 1.54) is 5.69 Å². The highest BCUT2D eigenvalue weighted by atomic mass is 19.1. The molecule has 0 aliphatic carbocycles. The molecule has 7 rings (SSSR count). The number of halogens is 1. The molecule has 2 N–H and O–H groups in total. The highest BCUT2D eigenvalue weighted by Crippen LogP contribution is 2.52. The predicted molar refractivity (Wildman–Crippen MR) is 157 cm³/mol. The van der Waals surface area contributed by atoms with E-state index in [4.69, 9.17) is 24.4 Å². The third-order valence-corrected chi connectivity index (χ3v) is 9.05. The number of nitrogens with zero attached hydrogens (tertiary/aromatic N) is 5. The van der Waals surface area contributed by atoms with Crippen LogP contribution in [0.4, 0.5) is 33.3 Å². The van der Waals surface area contributed by atoms with Crippen molar-refractivity contribution in [2.24, 2.45) is 5.41 Å². The lowest BCUT2D eigenvalue weighted by Crippen LogP contribution is -2.54. The molecule has 0 saturated carbocycles. The molecule has 9 nitrogen and oxygen atoms in total. The summed E-state index contributed by atoms with van der Waals surface area (Å²) < 4.78 is 27.2. The molecule has 41 heavy (non-hydrogen) atoms. The first kappa shape index (κ1) is 26.6. The summed E-state index contributed by atoms with van der Waals surface area (Å²) in [7, 11) is 0. The number of aromatic nitrogens is 3. The third kappa shape index (κ3) is 4.71. The van der Waals surface area contributed by atoms with Crippen molar-refractivity contribution in [3.8, 4) is 0 Å². The Morgan fingerprint density at radius 1 is 0.976 bits per heavy atom. The van der Waals surface area contributed by atoms with Crippen LogP contribution in [-0.4, -0.2) is 73.6 Å². The van der Waals surface area contributed by atoms with Crippen LogP contribution in [0.3, 0.4) is 0 Å². The second-order valence-corrected chi connectivity index (χ2v) is 12.8. The minimum absolute atomic E-state index is 0.0326. The van der Waals surface area contributed by atoms with E-state index in [0.717, 1.165) is 49.8 Å². The van der Waals surface area contributed by atoms with Gasteiger partial charge in [-0.25, -0.2) is 14.4 Å². The average Bonchev–Trinajstić information content (AvgIpc) is 3.10. The summed E-state index contributed by atoms with van der Waals surface area (Å²) in [5, 5.41) is 6.45. The van der Waals surface area contributed by atoms with Crippen LogP contribution in [0.2, 0.25) is 0 Å². The van der Waals surface area contributed by atoms with Gasteiger partial charge >= 0.3 is 0 Å². The number of pyridine rings is 1. The van der Waals surface area contributed by atoms with Crippen molar-refractivity contribution >= 4 is 29.0 Å². The number of benzene rings is 1. The van der Waals surface area contributed by atoms with Crippen LogP contribution in [0.15, 0.2) is 48.7 Å². The molecule has 0 radical (unpaired) electrons. The largest absolute Gasteiger partial charge is 0.380 e. The maximum Gasteiger partial charge on any atom is 0.229 e. The zero-order valence-corrected chi connectivity index (χ0v) is 24.0. The van der Waals surface area contributed by atoms with Gasteiger partial charge in [0.2, 0.25) is 5.95 Å². The molecule has 3 fully saturated rings. The monoisotopic (exact) mass is 559 g/mol. The van der Waals surface area contributed by atoms with Gasteiger partial charge in [0, 0.05) is 60.8 Å². The van der Waals surface area contributed by atoms with Crippen LogP contribution in [0.5, 0.6) is 0 Å². The zero-order valence-electron chi connectivity index (χ0n) is 24.0. The molecule has 1 aromatic carbocycles. The van der Waals surface area contributed by atoms with Gasteiger partial charge < -0.3 is 29.9 Å². The molecule has 0 bridgehead atoms. The lowest BCUT2D eigenvalue weighted by Gasteiger charge is -2.38. The van der Waals surface area contributed by atoms with Gasteiger partial charge in [-0.15, -0.1) is 0 Å². The van der Waals surface area contributed by atoms with Gasteiger partial charge in [-0.1, -0.05) is 26.8 Å². The Morgan fingerprint density at radius 3 is 2.49 bits per heavy atom. The summed E-state index contributed by atoms with van der Waals surface area (Å²) in [6.07, 6.45) is 2.80. The van der Waals surface area contributed by atoms with Crippen LogP contribution in [0.25, 0.3) is 0 Å². The lowest BCUT2D eigenvalue weighted by molar-refractivity contribution is 0.0618. The van der Waals surface area contributed by atoms with E-state index in [-0.39, 0.29) is 30.0 Å². The molecule has 4 aliphatic heterocycles. The number of morpholine rings is 1. The predicted octanol–water partition coefficient (Wildman–Crippen LogP) is 4.44. The van der Waals surface area contributed by atoms with Gasteiger partial charge in [-0.2, -0.15) is 4.98 Å². The summed E-state index contributed by atoms with van der Waals surface area (Å²) in [4.78, 5) is 19.2. The summed E-state index contributed by atoms with van der Waals surface area (Å²) in [6, 6.07) is 14.0. The van der Waals surface area contributed by atoms with Crippen LogP contribution < -0.4 is 20.4 Å². The Kier molecular flexibility index (Phi) is 6.40. The molecule has 6 heterocycles. The number of nitrogens with one attached hydrogen (secondary N) is 2. The maximum atomic E-state index is 15.4.